The summed E-state index contributed by atoms with van der Waals surface area (Å²) in [7, 11) is 3.36. The number of methoxy groups -OCH3 is 2. The van der Waals surface area contributed by atoms with E-state index in [0.717, 1.165) is 39.9 Å². The van der Waals surface area contributed by atoms with Crippen molar-refractivity contribution in [1.29, 1.82) is 0 Å². The fourth-order valence-electron chi connectivity index (χ4n) is 3.01. The number of halogens is 1. The second-order valence-corrected chi connectivity index (χ2v) is 6.13. The van der Waals surface area contributed by atoms with Crippen LogP contribution in [0.15, 0.2) is 10.5 Å². The number of benzene rings is 1. The summed E-state index contributed by atoms with van der Waals surface area (Å²) in [4.78, 5) is 0. The Balaban J connectivity index is 2.56. The molecule has 0 amide bonds. The monoisotopic (exact) mass is 327 g/mol. The first kappa shape index (κ1) is 14.7. The predicted molar refractivity (Wildman–Crippen MR) is 80.9 cm³/mol. The molecular formula is C15H22BrNO2. The van der Waals surface area contributed by atoms with Crippen LogP contribution in [0.3, 0.4) is 0 Å². The Labute approximate surface area is 123 Å². The minimum Gasteiger partial charge on any atom is -0.495 e. The Morgan fingerprint density at radius 3 is 2.21 bits per heavy atom. The maximum atomic E-state index is 6.64. The molecular weight excluding hydrogens is 306 g/mol. The highest BCUT2D eigenvalue weighted by Gasteiger charge is 2.34. The maximum absolute atomic E-state index is 6.64. The van der Waals surface area contributed by atoms with Crippen LogP contribution >= 0.6 is 15.9 Å². The van der Waals surface area contributed by atoms with Crippen molar-refractivity contribution >= 4 is 15.9 Å². The molecule has 1 aromatic rings. The zero-order valence-electron chi connectivity index (χ0n) is 11.9. The minimum atomic E-state index is -0.275. The largest absolute Gasteiger partial charge is 0.495 e. The lowest BCUT2D eigenvalue weighted by Gasteiger charge is -2.35. The topological polar surface area (TPSA) is 44.5 Å². The van der Waals surface area contributed by atoms with Gasteiger partial charge in [-0.1, -0.05) is 19.3 Å². The standard InChI is InChI=1S/C15H22BrNO2/c1-10-9-11(15(17)7-5-4-6-8-15)14(19-3)12(16)13(10)18-2/h9H,4-8,17H2,1-3H3. The smallest absolute Gasteiger partial charge is 0.141 e. The van der Waals surface area contributed by atoms with Crippen LogP contribution in [0.25, 0.3) is 0 Å². The Hall–Kier alpha value is -0.740. The molecule has 1 aliphatic carbocycles. The molecule has 0 heterocycles. The van der Waals surface area contributed by atoms with Crippen molar-refractivity contribution in [1.82, 2.24) is 0 Å². The van der Waals surface area contributed by atoms with Gasteiger partial charge >= 0.3 is 0 Å². The first-order valence-corrected chi connectivity index (χ1v) is 7.53. The van der Waals surface area contributed by atoms with Gasteiger partial charge in [-0.25, -0.2) is 0 Å². The van der Waals surface area contributed by atoms with Gasteiger partial charge in [0.2, 0.25) is 0 Å². The molecule has 4 heteroatoms. The van der Waals surface area contributed by atoms with Gasteiger partial charge in [-0.05, 0) is 47.3 Å². The third-order valence-corrected chi connectivity index (χ3v) is 4.77. The van der Waals surface area contributed by atoms with E-state index in [-0.39, 0.29) is 5.54 Å². The van der Waals surface area contributed by atoms with Gasteiger partial charge in [0.25, 0.3) is 0 Å². The highest BCUT2D eigenvalue weighted by molar-refractivity contribution is 9.10. The molecule has 1 fully saturated rings. The van der Waals surface area contributed by atoms with E-state index in [4.69, 9.17) is 15.2 Å². The molecule has 0 aromatic heterocycles. The van der Waals surface area contributed by atoms with Crippen molar-refractivity contribution in [3.63, 3.8) is 0 Å². The summed E-state index contributed by atoms with van der Waals surface area (Å²) in [6, 6.07) is 2.12. The van der Waals surface area contributed by atoms with E-state index in [1.54, 1.807) is 14.2 Å². The Kier molecular flexibility index (Phi) is 4.41. The Morgan fingerprint density at radius 1 is 1.11 bits per heavy atom. The highest BCUT2D eigenvalue weighted by atomic mass is 79.9. The van der Waals surface area contributed by atoms with Crippen LogP contribution < -0.4 is 15.2 Å². The average molecular weight is 328 g/mol. The lowest BCUT2D eigenvalue weighted by atomic mass is 9.76. The number of rotatable bonds is 3. The SMILES string of the molecule is COc1c(C)cc(C2(N)CCCCC2)c(OC)c1Br. The molecule has 0 radical (unpaired) electrons. The summed E-state index contributed by atoms with van der Waals surface area (Å²) in [6.45, 7) is 2.04. The van der Waals surface area contributed by atoms with Crippen molar-refractivity contribution in [3.05, 3.63) is 21.7 Å². The number of hydrogen-bond acceptors (Lipinski definition) is 3. The Bertz CT molecular complexity index is 468. The molecule has 0 aliphatic heterocycles. The van der Waals surface area contributed by atoms with Gasteiger partial charge in [-0.3, -0.25) is 0 Å². The van der Waals surface area contributed by atoms with Crippen LogP contribution in [-0.2, 0) is 5.54 Å². The van der Waals surface area contributed by atoms with Gasteiger partial charge in [0, 0.05) is 11.1 Å². The van der Waals surface area contributed by atoms with Gasteiger partial charge in [0.1, 0.15) is 16.0 Å². The molecule has 106 valence electrons. The van der Waals surface area contributed by atoms with Crippen LogP contribution in [0.5, 0.6) is 11.5 Å². The molecule has 2 rings (SSSR count). The molecule has 0 unspecified atom stereocenters. The molecule has 2 N–H and O–H groups in total. The van der Waals surface area contributed by atoms with Crippen LogP contribution in [0.2, 0.25) is 0 Å². The summed E-state index contributed by atoms with van der Waals surface area (Å²) in [5.41, 5.74) is 8.55. The van der Waals surface area contributed by atoms with Gasteiger partial charge in [-0.15, -0.1) is 0 Å². The highest BCUT2D eigenvalue weighted by Crippen LogP contribution is 2.46. The summed E-state index contributed by atoms with van der Waals surface area (Å²) in [5.74, 6) is 1.63. The number of hydrogen-bond donors (Lipinski definition) is 1. The average Bonchev–Trinajstić information content (AvgIpc) is 2.39. The van der Waals surface area contributed by atoms with Crippen LogP contribution in [0.1, 0.15) is 43.2 Å². The van der Waals surface area contributed by atoms with Crippen molar-refractivity contribution < 1.29 is 9.47 Å². The molecule has 0 bridgehead atoms. The summed E-state index contributed by atoms with van der Waals surface area (Å²) < 4.78 is 11.9. The van der Waals surface area contributed by atoms with Crippen molar-refractivity contribution in [3.8, 4) is 11.5 Å². The predicted octanol–water partition coefficient (Wildman–Crippen LogP) is 3.89. The fraction of sp³-hybridized carbons (Fsp3) is 0.600. The third-order valence-electron chi connectivity index (χ3n) is 4.05. The second kappa shape index (κ2) is 5.71. The second-order valence-electron chi connectivity index (χ2n) is 5.34. The van der Waals surface area contributed by atoms with Crippen molar-refractivity contribution in [2.45, 2.75) is 44.6 Å². The van der Waals surface area contributed by atoms with E-state index < -0.39 is 0 Å². The molecule has 1 aliphatic rings. The van der Waals surface area contributed by atoms with Crippen LogP contribution in [0.4, 0.5) is 0 Å². The van der Waals surface area contributed by atoms with Gasteiger partial charge in [0.15, 0.2) is 0 Å². The van der Waals surface area contributed by atoms with Gasteiger partial charge in [0.05, 0.1) is 14.2 Å². The van der Waals surface area contributed by atoms with E-state index in [2.05, 4.69) is 22.0 Å². The number of ether oxygens (including phenoxy) is 2. The van der Waals surface area contributed by atoms with Gasteiger partial charge in [-0.2, -0.15) is 0 Å². The van der Waals surface area contributed by atoms with E-state index in [0.29, 0.717) is 0 Å². The van der Waals surface area contributed by atoms with E-state index in [9.17, 15) is 0 Å². The molecule has 0 spiro atoms. The quantitative estimate of drug-likeness (QED) is 0.915. The minimum absolute atomic E-state index is 0.275. The molecule has 0 saturated heterocycles. The first-order valence-electron chi connectivity index (χ1n) is 6.74. The summed E-state index contributed by atoms with van der Waals surface area (Å²) in [6.07, 6.45) is 5.67. The van der Waals surface area contributed by atoms with Crippen molar-refractivity contribution in [2.75, 3.05) is 14.2 Å². The maximum Gasteiger partial charge on any atom is 0.141 e. The zero-order valence-corrected chi connectivity index (χ0v) is 13.5. The first-order chi connectivity index (χ1) is 9.03. The van der Waals surface area contributed by atoms with Crippen molar-refractivity contribution in [2.24, 2.45) is 5.73 Å². The van der Waals surface area contributed by atoms with E-state index in [1.165, 1.54) is 19.3 Å². The lowest BCUT2D eigenvalue weighted by molar-refractivity contribution is 0.287. The zero-order chi connectivity index (χ0) is 14.0. The van der Waals surface area contributed by atoms with Gasteiger partial charge < -0.3 is 15.2 Å². The van der Waals surface area contributed by atoms with E-state index in [1.807, 2.05) is 6.92 Å². The molecule has 1 aromatic carbocycles. The number of nitrogens with two attached hydrogens (primary N) is 1. The lowest BCUT2D eigenvalue weighted by Crippen LogP contribution is -2.39. The molecule has 1 saturated carbocycles. The van der Waals surface area contributed by atoms with E-state index >= 15 is 0 Å². The molecule has 3 nitrogen and oxygen atoms in total. The van der Waals surface area contributed by atoms with Crippen LogP contribution in [0, 0.1) is 6.92 Å². The fourth-order valence-corrected chi connectivity index (χ4v) is 3.86. The molecule has 0 atom stereocenters. The number of aryl methyl sites for hydroxylation is 1. The molecule has 19 heavy (non-hydrogen) atoms. The third kappa shape index (κ3) is 2.61. The van der Waals surface area contributed by atoms with Crippen LogP contribution in [-0.4, -0.2) is 14.2 Å². The normalized spacial score (nSPS) is 18.2. The summed E-state index contributed by atoms with van der Waals surface area (Å²) >= 11 is 3.59. The summed E-state index contributed by atoms with van der Waals surface area (Å²) in [5, 5.41) is 0. The Morgan fingerprint density at radius 2 is 1.68 bits per heavy atom.